The van der Waals surface area contributed by atoms with Crippen LogP contribution in [-0.2, 0) is 52.2 Å². The molecule has 0 aromatic carbocycles. The first-order valence-corrected chi connectivity index (χ1v) is 30.2. The minimum atomic E-state index is -1.96. The summed E-state index contributed by atoms with van der Waals surface area (Å²) in [5.41, 5.74) is -3.85. The van der Waals surface area contributed by atoms with E-state index in [4.69, 9.17) is 47.4 Å². The molecule has 85 heavy (non-hydrogen) atoms. The van der Waals surface area contributed by atoms with Crippen LogP contribution >= 0.6 is 0 Å². The van der Waals surface area contributed by atoms with Gasteiger partial charge in [-0.15, -0.1) is 0 Å². The fraction of sp³-hybridized carbons (Fsp3) is 0.948. The number of hydrogen-bond donors (Lipinski definition) is 16. The van der Waals surface area contributed by atoms with E-state index in [0.717, 1.165) is 5.57 Å². The number of hydrogen-bond acceptors (Lipinski definition) is 27. The molecule has 0 bridgehead atoms. The van der Waals surface area contributed by atoms with E-state index in [2.05, 4.69) is 33.8 Å². The van der Waals surface area contributed by atoms with Gasteiger partial charge in [-0.1, -0.05) is 53.2 Å². The number of aliphatic hydroxyl groups is 16. The van der Waals surface area contributed by atoms with Crippen molar-refractivity contribution in [3.05, 3.63) is 11.6 Å². The number of allylic oxidation sites excluding steroid dienone is 2. The van der Waals surface area contributed by atoms with E-state index in [1.165, 1.54) is 13.8 Å². The summed E-state index contributed by atoms with van der Waals surface area (Å²) in [5.74, 6) is -1.92. The third-order valence-electron chi connectivity index (χ3n) is 22.7. The molecule has 34 atom stereocenters. The Hall–Kier alpha value is -1.79. The van der Waals surface area contributed by atoms with Gasteiger partial charge in [-0.25, -0.2) is 0 Å². The fourth-order valence-corrected chi connectivity index (χ4v) is 17.7. The second kappa shape index (κ2) is 24.0. The number of carbonyl (C=O) groups excluding carboxylic acids is 1. The van der Waals surface area contributed by atoms with Crippen LogP contribution in [-0.4, -0.2) is 274 Å². The van der Waals surface area contributed by atoms with Gasteiger partial charge in [0.05, 0.1) is 62.4 Å². The van der Waals surface area contributed by atoms with Crippen molar-refractivity contribution in [2.24, 2.45) is 50.2 Å². The summed E-state index contributed by atoms with van der Waals surface area (Å²) in [6.45, 7) is 13.0. The van der Waals surface area contributed by atoms with E-state index in [0.29, 0.717) is 38.5 Å². The molecule has 9 fully saturated rings. The molecule has 0 aromatic rings. The molecular formula is C58H94O27. The number of fused-ring (bicyclic) bond motifs is 7. The van der Waals surface area contributed by atoms with Crippen LogP contribution in [0.4, 0.5) is 0 Å². The molecule has 0 radical (unpaired) electrons. The molecule has 488 valence electrons. The SMILES string of the molecule is C[C@@H]1O[C@@H](O[C@@H]2[C@@H](O)[C@H](O[C@@H]3[C@@H](O)[C@@H](O)[C@H](O[C@H]4[C@H](OC(=O)[C@]56CCC(C)(C)C[C@H]5C5=CC[C@H]7[C@@]8(C)C[C@H](O)[C@H](O[C@@H]9O[C@H](CO)[C@@H](O)[C@H](O)[C@H]9O)[C@@](C)(CO)[C@@H]8[C@H](O)C[C@@]7(C)[C@]5(C)CC6)OC[C@H](O)[C@@H]4O)O[C@H]3C)OC[C@H]2O)[C@H](O)[C@H](O)[C@H]1O. The maximum absolute atomic E-state index is 15.4. The highest BCUT2D eigenvalue weighted by molar-refractivity contribution is 5.79. The lowest BCUT2D eigenvalue weighted by Crippen LogP contribution is -2.72. The molecule has 5 saturated heterocycles. The molecule has 0 spiro atoms. The monoisotopic (exact) mass is 1220 g/mol. The van der Waals surface area contributed by atoms with Crippen LogP contribution < -0.4 is 0 Å². The molecule has 16 N–H and O–H groups in total. The molecule has 0 unspecified atom stereocenters. The van der Waals surface area contributed by atoms with Gasteiger partial charge in [0.25, 0.3) is 0 Å². The molecule has 27 nitrogen and oxygen atoms in total. The Kier molecular flexibility index (Phi) is 18.7. The Morgan fingerprint density at radius 2 is 1.12 bits per heavy atom. The van der Waals surface area contributed by atoms with Crippen molar-refractivity contribution in [2.75, 3.05) is 26.4 Å². The number of carbonyl (C=O) groups is 1. The molecule has 5 aliphatic carbocycles. The molecule has 10 aliphatic rings. The van der Waals surface area contributed by atoms with E-state index in [1.54, 1.807) is 6.92 Å². The number of aliphatic hydroxyl groups excluding tert-OH is 16. The van der Waals surface area contributed by atoms with Crippen molar-refractivity contribution in [2.45, 2.75) is 266 Å². The van der Waals surface area contributed by atoms with Crippen LogP contribution in [0.5, 0.6) is 0 Å². The van der Waals surface area contributed by atoms with Crippen molar-refractivity contribution >= 4 is 5.97 Å². The van der Waals surface area contributed by atoms with Crippen LogP contribution in [0.15, 0.2) is 11.6 Å². The predicted molar refractivity (Wildman–Crippen MR) is 285 cm³/mol. The first-order valence-electron chi connectivity index (χ1n) is 30.2. The topological polar surface area (TPSA) is 433 Å². The van der Waals surface area contributed by atoms with E-state index in [-0.39, 0.29) is 24.2 Å². The molecule has 0 aromatic heterocycles. The maximum atomic E-state index is 15.4. The molecule has 5 aliphatic heterocycles. The molecule has 10 rings (SSSR count). The van der Waals surface area contributed by atoms with Crippen molar-refractivity contribution < 1.29 is 134 Å². The zero-order valence-electron chi connectivity index (χ0n) is 49.5. The van der Waals surface area contributed by atoms with Crippen LogP contribution in [0, 0.1) is 50.2 Å². The fourth-order valence-electron chi connectivity index (χ4n) is 17.7. The molecule has 5 heterocycles. The van der Waals surface area contributed by atoms with Crippen LogP contribution in [0.3, 0.4) is 0 Å². The van der Waals surface area contributed by atoms with Crippen molar-refractivity contribution in [1.82, 2.24) is 0 Å². The second-order valence-electron chi connectivity index (χ2n) is 28.3. The van der Waals surface area contributed by atoms with Crippen LogP contribution in [0.25, 0.3) is 0 Å². The van der Waals surface area contributed by atoms with Gasteiger partial charge >= 0.3 is 5.97 Å². The highest BCUT2D eigenvalue weighted by Gasteiger charge is 2.73. The van der Waals surface area contributed by atoms with E-state index in [9.17, 15) is 81.7 Å². The van der Waals surface area contributed by atoms with Crippen LogP contribution in [0.2, 0.25) is 0 Å². The van der Waals surface area contributed by atoms with Gasteiger partial charge in [0, 0.05) is 11.3 Å². The smallest absolute Gasteiger partial charge is 0.315 e. The van der Waals surface area contributed by atoms with E-state index < -0.39 is 231 Å². The third kappa shape index (κ3) is 10.9. The normalized spacial score (nSPS) is 56.1. The first kappa shape index (κ1) is 66.1. The van der Waals surface area contributed by atoms with Gasteiger partial charge in [-0.3, -0.25) is 4.79 Å². The third-order valence-corrected chi connectivity index (χ3v) is 22.7. The Bertz CT molecular complexity index is 2390. The standard InChI is InChI=1S/C58H94O27/c1-22-32(65)35(68)38(71)48(78-22)82-43-29(64)20-76-47(41(43)74)81-42-23(2)79-49(40(73)37(42)70)83-44-33(66)28(63)19-77-51(44)85-52(75)58-13-11-53(3,4)15-25(58)24-9-10-31-54(5)16-27(62)46(84-50-39(72)36(69)34(67)30(18-59)80-50)55(6,21-60)45(54)26(61)17-57(31,8)56(24,7)12-14-58/h9,22-23,25-51,59-74H,10-21H2,1-8H3/t22-,23-,25-,26+,27-,28-,29+,30+,31-,32-,33-,34+,35+,36-,37-,38+,39+,40+,41+,42-,43-,44+,45+,46-,47-,48-,49-,50-,51-,54+,55-,56+,57+,58-/m0/s1. The number of esters is 1. The summed E-state index contributed by atoms with van der Waals surface area (Å²) in [6, 6.07) is 0. The quantitative estimate of drug-likeness (QED) is 0.0504. The zero-order valence-corrected chi connectivity index (χ0v) is 49.5. The summed E-state index contributed by atoms with van der Waals surface area (Å²) < 4.78 is 59.1. The summed E-state index contributed by atoms with van der Waals surface area (Å²) in [5, 5.41) is 177. The summed E-state index contributed by atoms with van der Waals surface area (Å²) >= 11 is 0. The Balaban J connectivity index is 0.852. The molecule has 0 amide bonds. The van der Waals surface area contributed by atoms with Crippen molar-refractivity contribution in [3.63, 3.8) is 0 Å². The van der Waals surface area contributed by atoms with E-state index >= 15 is 4.79 Å². The first-order chi connectivity index (χ1) is 39.7. The van der Waals surface area contributed by atoms with Gasteiger partial charge in [0.15, 0.2) is 31.3 Å². The second-order valence-corrected chi connectivity index (χ2v) is 28.3. The highest BCUT2D eigenvalue weighted by atomic mass is 16.8. The molecular weight excluding hydrogens is 1130 g/mol. The summed E-state index contributed by atoms with van der Waals surface area (Å²) in [4.78, 5) is 15.4. The predicted octanol–water partition coefficient (Wildman–Crippen LogP) is -3.96. The molecule has 4 saturated carbocycles. The van der Waals surface area contributed by atoms with Crippen molar-refractivity contribution in [3.8, 4) is 0 Å². The average Bonchev–Trinajstić information content (AvgIpc) is 0.681. The number of ether oxygens (including phenoxy) is 10. The molecule has 27 heteroatoms. The lowest BCUT2D eigenvalue weighted by molar-refractivity contribution is -0.377. The van der Waals surface area contributed by atoms with E-state index in [1.807, 2.05) is 6.92 Å². The maximum Gasteiger partial charge on any atom is 0.315 e. The van der Waals surface area contributed by atoms with Crippen molar-refractivity contribution in [1.29, 1.82) is 0 Å². The van der Waals surface area contributed by atoms with Gasteiger partial charge < -0.3 is 129 Å². The zero-order chi connectivity index (χ0) is 62.2. The average molecular weight is 1220 g/mol. The lowest BCUT2D eigenvalue weighted by atomic mass is 9.33. The van der Waals surface area contributed by atoms with Gasteiger partial charge in [-0.2, -0.15) is 0 Å². The minimum Gasteiger partial charge on any atom is -0.432 e. The highest BCUT2D eigenvalue weighted by Crippen LogP contribution is 2.76. The largest absolute Gasteiger partial charge is 0.432 e. The van der Waals surface area contributed by atoms with Gasteiger partial charge in [-0.05, 0) is 98.7 Å². The minimum absolute atomic E-state index is 0.103. The van der Waals surface area contributed by atoms with Gasteiger partial charge in [0.1, 0.15) is 91.6 Å². The Morgan fingerprint density at radius 3 is 1.78 bits per heavy atom. The Morgan fingerprint density at radius 1 is 0.541 bits per heavy atom. The number of rotatable bonds is 12. The Labute approximate surface area is 493 Å². The summed E-state index contributed by atoms with van der Waals surface area (Å²) in [7, 11) is 0. The lowest BCUT2D eigenvalue weighted by Gasteiger charge is -2.72. The van der Waals surface area contributed by atoms with Crippen LogP contribution in [0.1, 0.15) is 107 Å². The van der Waals surface area contributed by atoms with Gasteiger partial charge in [0.2, 0.25) is 6.29 Å². The summed E-state index contributed by atoms with van der Waals surface area (Å²) in [6.07, 6.45) is -35.1.